The SMILES string of the molecule is O=C(CCCCl)NCCCOCc1ccccc1. The van der Waals surface area contributed by atoms with Crippen LogP contribution in [0.1, 0.15) is 24.8 Å². The van der Waals surface area contributed by atoms with E-state index in [-0.39, 0.29) is 5.91 Å². The minimum absolute atomic E-state index is 0.0682. The summed E-state index contributed by atoms with van der Waals surface area (Å²) in [7, 11) is 0. The predicted molar refractivity (Wildman–Crippen MR) is 73.7 cm³/mol. The van der Waals surface area contributed by atoms with E-state index in [0.29, 0.717) is 32.1 Å². The number of nitrogens with one attached hydrogen (secondary N) is 1. The Hall–Kier alpha value is -1.06. The number of ether oxygens (including phenoxy) is 1. The Labute approximate surface area is 113 Å². The summed E-state index contributed by atoms with van der Waals surface area (Å²) in [5.74, 6) is 0.604. The molecule has 0 radical (unpaired) electrons. The molecule has 1 aromatic rings. The topological polar surface area (TPSA) is 38.3 Å². The van der Waals surface area contributed by atoms with E-state index in [4.69, 9.17) is 16.3 Å². The molecule has 0 spiro atoms. The standard InChI is InChI=1S/C14H20ClNO2/c15-9-4-8-14(17)16-10-5-11-18-12-13-6-2-1-3-7-13/h1-3,6-7H,4-5,8-12H2,(H,16,17). The first kappa shape index (κ1) is 15.0. The fourth-order valence-electron chi connectivity index (χ4n) is 1.48. The molecule has 0 bridgehead atoms. The molecule has 1 N–H and O–H groups in total. The van der Waals surface area contributed by atoms with Gasteiger partial charge in [-0.3, -0.25) is 4.79 Å². The highest BCUT2D eigenvalue weighted by Crippen LogP contribution is 2.00. The smallest absolute Gasteiger partial charge is 0.220 e. The van der Waals surface area contributed by atoms with Crippen molar-refractivity contribution < 1.29 is 9.53 Å². The van der Waals surface area contributed by atoms with E-state index in [1.807, 2.05) is 30.3 Å². The summed E-state index contributed by atoms with van der Waals surface area (Å²) < 4.78 is 5.51. The van der Waals surface area contributed by atoms with Crippen LogP contribution >= 0.6 is 11.6 Å². The lowest BCUT2D eigenvalue weighted by atomic mass is 10.2. The number of benzene rings is 1. The predicted octanol–water partition coefficient (Wildman–Crippen LogP) is 2.73. The Balaban J connectivity index is 1.94. The van der Waals surface area contributed by atoms with Gasteiger partial charge in [0.15, 0.2) is 0 Å². The van der Waals surface area contributed by atoms with Gasteiger partial charge in [-0.1, -0.05) is 30.3 Å². The number of alkyl halides is 1. The van der Waals surface area contributed by atoms with Gasteiger partial charge in [-0.2, -0.15) is 0 Å². The van der Waals surface area contributed by atoms with Gasteiger partial charge in [0.05, 0.1) is 6.61 Å². The van der Waals surface area contributed by atoms with Gasteiger partial charge in [0, 0.05) is 25.5 Å². The summed E-state index contributed by atoms with van der Waals surface area (Å²) in [5, 5.41) is 2.84. The third-order valence-corrected chi connectivity index (χ3v) is 2.70. The number of amides is 1. The lowest BCUT2D eigenvalue weighted by molar-refractivity contribution is -0.121. The number of rotatable bonds is 9. The summed E-state index contributed by atoms with van der Waals surface area (Å²) in [4.78, 5) is 11.2. The summed E-state index contributed by atoms with van der Waals surface area (Å²) in [6.45, 7) is 1.95. The van der Waals surface area contributed by atoms with E-state index >= 15 is 0 Å². The van der Waals surface area contributed by atoms with Crippen molar-refractivity contribution in [2.45, 2.75) is 25.9 Å². The van der Waals surface area contributed by atoms with Crippen molar-refractivity contribution in [3.8, 4) is 0 Å². The van der Waals surface area contributed by atoms with Crippen molar-refractivity contribution >= 4 is 17.5 Å². The molecule has 0 saturated heterocycles. The molecule has 1 rings (SSSR count). The Kier molecular flexibility index (Phi) is 8.26. The molecule has 0 aliphatic rings. The lowest BCUT2D eigenvalue weighted by Crippen LogP contribution is -2.24. The highest BCUT2D eigenvalue weighted by atomic mass is 35.5. The van der Waals surface area contributed by atoms with E-state index in [9.17, 15) is 4.79 Å². The second-order valence-electron chi connectivity index (χ2n) is 4.03. The molecule has 0 saturated carbocycles. The third-order valence-electron chi connectivity index (χ3n) is 2.44. The molecule has 0 atom stereocenters. The Morgan fingerprint density at radius 2 is 2.00 bits per heavy atom. The average Bonchev–Trinajstić information content (AvgIpc) is 2.41. The van der Waals surface area contributed by atoms with Crippen LogP contribution in [0.5, 0.6) is 0 Å². The van der Waals surface area contributed by atoms with Crippen LogP contribution in [-0.4, -0.2) is 24.9 Å². The maximum absolute atomic E-state index is 11.2. The first-order chi connectivity index (χ1) is 8.83. The summed E-state index contributed by atoms with van der Waals surface area (Å²) in [6, 6.07) is 10.0. The highest BCUT2D eigenvalue weighted by Gasteiger charge is 1.99. The zero-order valence-corrected chi connectivity index (χ0v) is 11.3. The van der Waals surface area contributed by atoms with Crippen LogP contribution in [-0.2, 0) is 16.1 Å². The van der Waals surface area contributed by atoms with Crippen LogP contribution in [0.25, 0.3) is 0 Å². The van der Waals surface area contributed by atoms with Crippen LogP contribution in [0.2, 0.25) is 0 Å². The van der Waals surface area contributed by atoms with E-state index in [1.54, 1.807) is 0 Å². The molecule has 0 aliphatic carbocycles. The Morgan fingerprint density at radius 3 is 2.72 bits per heavy atom. The Bertz CT molecular complexity index is 330. The fourth-order valence-corrected chi connectivity index (χ4v) is 1.62. The van der Waals surface area contributed by atoms with Gasteiger partial charge in [0.25, 0.3) is 0 Å². The maximum atomic E-state index is 11.2. The van der Waals surface area contributed by atoms with E-state index < -0.39 is 0 Å². The van der Waals surface area contributed by atoms with E-state index in [0.717, 1.165) is 12.8 Å². The minimum Gasteiger partial charge on any atom is -0.377 e. The fraction of sp³-hybridized carbons (Fsp3) is 0.500. The first-order valence-electron chi connectivity index (χ1n) is 6.27. The number of carbonyl (C=O) groups excluding carboxylic acids is 1. The van der Waals surface area contributed by atoms with Crippen molar-refractivity contribution in [1.82, 2.24) is 5.32 Å². The lowest BCUT2D eigenvalue weighted by Gasteiger charge is -2.06. The largest absolute Gasteiger partial charge is 0.377 e. The zero-order valence-electron chi connectivity index (χ0n) is 10.5. The highest BCUT2D eigenvalue weighted by molar-refractivity contribution is 6.17. The normalized spacial score (nSPS) is 10.3. The molecular formula is C14H20ClNO2. The van der Waals surface area contributed by atoms with Gasteiger partial charge in [-0.15, -0.1) is 11.6 Å². The van der Waals surface area contributed by atoms with Gasteiger partial charge in [0.2, 0.25) is 5.91 Å². The van der Waals surface area contributed by atoms with Gasteiger partial charge >= 0.3 is 0 Å². The molecule has 4 heteroatoms. The van der Waals surface area contributed by atoms with Gasteiger partial charge < -0.3 is 10.1 Å². The van der Waals surface area contributed by atoms with Crippen molar-refractivity contribution in [2.24, 2.45) is 0 Å². The molecule has 0 fully saturated rings. The monoisotopic (exact) mass is 269 g/mol. The third kappa shape index (κ3) is 7.30. The number of hydrogen-bond acceptors (Lipinski definition) is 2. The first-order valence-corrected chi connectivity index (χ1v) is 6.80. The summed E-state index contributed by atoms with van der Waals surface area (Å²) in [5.41, 5.74) is 1.17. The van der Waals surface area contributed by atoms with Crippen LogP contribution in [0.3, 0.4) is 0 Å². The van der Waals surface area contributed by atoms with Crippen LogP contribution in [0, 0.1) is 0 Å². The van der Waals surface area contributed by atoms with Crippen LogP contribution in [0.4, 0.5) is 0 Å². The van der Waals surface area contributed by atoms with Crippen LogP contribution in [0.15, 0.2) is 30.3 Å². The Morgan fingerprint density at radius 1 is 1.22 bits per heavy atom. The number of halogens is 1. The van der Waals surface area contributed by atoms with Crippen molar-refractivity contribution in [3.05, 3.63) is 35.9 Å². The second kappa shape index (κ2) is 9.92. The van der Waals surface area contributed by atoms with Gasteiger partial charge in [0.1, 0.15) is 0 Å². The minimum atomic E-state index is 0.0682. The molecule has 18 heavy (non-hydrogen) atoms. The van der Waals surface area contributed by atoms with Crippen LogP contribution < -0.4 is 5.32 Å². The number of carbonyl (C=O) groups is 1. The van der Waals surface area contributed by atoms with Crippen molar-refractivity contribution in [2.75, 3.05) is 19.0 Å². The summed E-state index contributed by atoms with van der Waals surface area (Å²) >= 11 is 5.51. The molecule has 0 aromatic heterocycles. The molecule has 0 aliphatic heterocycles. The molecule has 100 valence electrons. The van der Waals surface area contributed by atoms with E-state index in [2.05, 4.69) is 5.32 Å². The second-order valence-corrected chi connectivity index (χ2v) is 4.41. The van der Waals surface area contributed by atoms with Crippen molar-refractivity contribution in [3.63, 3.8) is 0 Å². The van der Waals surface area contributed by atoms with Gasteiger partial charge in [-0.25, -0.2) is 0 Å². The molecule has 3 nitrogen and oxygen atoms in total. The summed E-state index contributed by atoms with van der Waals surface area (Å²) in [6.07, 6.45) is 2.08. The maximum Gasteiger partial charge on any atom is 0.220 e. The van der Waals surface area contributed by atoms with Crippen molar-refractivity contribution in [1.29, 1.82) is 0 Å². The van der Waals surface area contributed by atoms with Gasteiger partial charge in [-0.05, 0) is 18.4 Å². The average molecular weight is 270 g/mol. The molecule has 1 amide bonds. The van der Waals surface area contributed by atoms with E-state index in [1.165, 1.54) is 5.56 Å². The molecule has 0 heterocycles. The molecular weight excluding hydrogens is 250 g/mol. The molecule has 1 aromatic carbocycles. The quantitative estimate of drug-likeness (QED) is 0.553. The molecule has 0 unspecified atom stereocenters. The number of hydrogen-bond donors (Lipinski definition) is 1. The zero-order chi connectivity index (χ0) is 13.1.